The first-order valence-electron chi connectivity index (χ1n) is 9.52. The number of hydrogen-bond acceptors (Lipinski definition) is 6. The molecule has 0 bridgehead atoms. The smallest absolute Gasteiger partial charge is 0.303 e. The number of fused-ring (bicyclic) bond motifs is 1. The number of β-lactam (4-membered cyclic amide) rings is 1. The predicted octanol–water partition coefficient (Wildman–Crippen LogP) is 2.12. The quantitative estimate of drug-likeness (QED) is 0.241. The van der Waals surface area contributed by atoms with Crippen LogP contribution < -0.4 is 0 Å². The lowest BCUT2D eigenvalue weighted by Gasteiger charge is -2.49. The topological polar surface area (TPSA) is 84.0 Å². The van der Waals surface area contributed by atoms with E-state index < -0.39 is 41.9 Å². The van der Waals surface area contributed by atoms with Crippen LogP contribution in [0.2, 0.25) is 0 Å². The molecule has 3 atom stereocenters. The van der Waals surface area contributed by atoms with Crippen molar-refractivity contribution in [1.29, 1.82) is 0 Å². The molecule has 1 saturated heterocycles. The molecule has 0 aromatic heterocycles. The first kappa shape index (κ1) is 20.7. The molecule has 7 nitrogen and oxygen atoms in total. The molecule has 156 valence electrons. The van der Waals surface area contributed by atoms with E-state index in [4.69, 9.17) is 4.74 Å². The first-order valence-corrected chi connectivity index (χ1v) is 10.7. The summed E-state index contributed by atoms with van der Waals surface area (Å²) < 4.78 is 6.82. The molecule has 2 heterocycles. The third-order valence-corrected chi connectivity index (χ3v) is 5.92. The highest BCUT2D eigenvalue weighted by molar-refractivity contribution is 7.96. The average Bonchev–Trinajstić information content (AvgIpc) is 3.01. The van der Waals surface area contributed by atoms with Crippen molar-refractivity contribution in [3.05, 3.63) is 71.3 Å². The highest BCUT2D eigenvalue weighted by Gasteiger charge is 2.59. The summed E-state index contributed by atoms with van der Waals surface area (Å²) in [5.74, 6) is 3.79. The lowest BCUT2D eigenvalue weighted by Crippen LogP contribution is -2.72. The molecule has 2 aliphatic heterocycles. The number of amides is 3. The first-order chi connectivity index (χ1) is 14.9. The van der Waals surface area contributed by atoms with Crippen molar-refractivity contribution in [1.82, 2.24) is 9.21 Å². The maximum atomic E-state index is 12.9. The normalized spacial score (nSPS) is 20.5. The zero-order valence-electron chi connectivity index (χ0n) is 16.8. The van der Waals surface area contributed by atoms with E-state index >= 15 is 0 Å². The number of imide groups is 1. The molecule has 0 spiro atoms. The standard InChI is InChI=1S/C23H18N2O5S/c1-14(26)30-18(13-12-15-8-4-3-5-9-15)19-20(23(29)25(19)31-2)24-21(27)16-10-6-7-11-17(16)22(24)28/h3-11,18-20H,1-2H3/t18-,19+,20-/m1/s1. The number of ether oxygens (including phenoxy) is 1. The largest absolute Gasteiger partial charge is 0.447 e. The van der Waals surface area contributed by atoms with Crippen molar-refractivity contribution < 1.29 is 23.9 Å². The van der Waals surface area contributed by atoms with Gasteiger partial charge in [0.05, 0.1) is 11.1 Å². The molecule has 0 radical (unpaired) electrons. The van der Waals surface area contributed by atoms with Gasteiger partial charge in [-0.05, 0) is 24.3 Å². The fourth-order valence-electron chi connectivity index (χ4n) is 3.73. The van der Waals surface area contributed by atoms with E-state index in [1.54, 1.807) is 42.7 Å². The van der Waals surface area contributed by atoms with Gasteiger partial charge in [0, 0.05) is 18.7 Å². The summed E-state index contributed by atoms with van der Waals surface area (Å²) in [4.78, 5) is 51.5. The van der Waals surface area contributed by atoms with Crippen LogP contribution in [0.4, 0.5) is 0 Å². The van der Waals surface area contributed by atoms with E-state index in [2.05, 4.69) is 11.8 Å². The van der Waals surface area contributed by atoms with Crippen molar-refractivity contribution >= 4 is 35.6 Å². The highest BCUT2D eigenvalue weighted by Crippen LogP contribution is 2.37. The van der Waals surface area contributed by atoms with Crippen LogP contribution in [0.3, 0.4) is 0 Å². The van der Waals surface area contributed by atoms with E-state index in [0.29, 0.717) is 5.56 Å². The van der Waals surface area contributed by atoms with Crippen LogP contribution in [0.5, 0.6) is 0 Å². The highest BCUT2D eigenvalue weighted by atomic mass is 32.2. The second kappa shape index (κ2) is 8.28. The van der Waals surface area contributed by atoms with Gasteiger partial charge < -0.3 is 4.74 Å². The second-order valence-corrected chi connectivity index (χ2v) is 7.73. The van der Waals surface area contributed by atoms with Crippen molar-refractivity contribution in [3.8, 4) is 11.8 Å². The number of nitrogens with zero attached hydrogens (tertiary/aromatic N) is 2. The molecular weight excluding hydrogens is 416 g/mol. The maximum Gasteiger partial charge on any atom is 0.303 e. The summed E-state index contributed by atoms with van der Waals surface area (Å²) in [7, 11) is 0. The Morgan fingerprint density at radius 3 is 2.13 bits per heavy atom. The van der Waals surface area contributed by atoms with Crippen LogP contribution in [0.15, 0.2) is 54.6 Å². The van der Waals surface area contributed by atoms with E-state index in [1.807, 2.05) is 18.2 Å². The minimum Gasteiger partial charge on any atom is -0.447 e. The minimum atomic E-state index is -1.10. The van der Waals surface area contributed by atoms with E-state index in [1.165, 1.54) is 11.2 Å². The Morgan fingerprint density at radius 2 is 1.58 bits per heavy atom. The number of rotatable bonds is 4. The van der Waals surface area contributed by atoms with E-state index in [0.717, 1.165) is 16.8 Å². The lowest BCUT2D eigenvalue weighted by molar-refractivity contribution is -0.159. The summed E-state index contributed by atoms with van der Waals surface area (Å²) in [6.45, 7) is 1.25. The van der Waals surface area contributed by atoms with Crippen molar-refractivity contribution in [2.45, 2.75) is 25.1 Å². The third kappa shape index (κ3) is 3.57. The molecule has 2 aromatic carbocycles. The number of hydrogen-bond donors (Lipinski definition) is 0. The van der Waals surface area contributed by atoms with Crippen LogP contribution in [0, 0.1) is 11.8 Å². The van der Waals surface area contributed by atoms with Gasteiger partial charge >= 0.3 is 5.97 Å². The number of carbonyl (C=O) groups is 4. The number of esters is 1. The van der Waals surface area contributed by atoms with E-state index in [9.17, 15) is 19.2 Å². The zero-order valence-corrected chi connectivity index (χ0v) is 17.6. The Bertz CT molecular complexity index is 1100. The van der Waals surface area contributed by atoms with Crippen molar-refractivity contribution in [2.75, 3.05) is 6.26 Å². The van der Waals surface area contributed by atoms with Gasteiger partial charge in [0.25, 0.3) is 17.7 Å². The van der Waals surface area contributed by atoms with E-state index in [-0.39, 0.29) is 11.1 Å². The van der Waals surface area contributed by atoms with Gasteiger partial charge in [-0.15, -0.1) is 0 Å². The molecule has 4 rings (SSSR count). The number of carbonyl (C=O) groups excluding carboxylic acids is 4. The fourth-order valence-corrected chi connectivity index (χ4v) is 4.49. The molecular formula is C23H18N2O5S. The predicted molar refractivity (Wildman–Crippen MR) is 114 cm³/mol. The Labute approximate surface area is 183 Å². The van der Waals surface area contributed by atoms with Gasteiger partial charge in [0.1, 0.15) is 12.1 Å². The molecule has 1 fully saturated rings. The molecule has 8 heteroatoms. The Balaban J connectivity index is 1.71. The molecule has 0 unspecified atom stereocenters. The van der Waals surface area contributed by atoms with Crippen LogP contribution >= 0.6 is 11.9 Å². The van der Waals surface area contributed by atoms with Crippen molar-refractivity contribution in [3.63, 3.8) is 0 Å². The molecule has 2 aliphatic rings. The summed E-state index contributed by atoms with van der Waals surface area (Å²) in [6.07, 6.45) is 0.677. The van der Waals surface area contributed by atoms with Gasteiger partial charge in [0.2, 0.25) is 0 Å². The second-order valence-electron chi connectivity index (χ2n) is 6.97. The van der Waals surface area contributed by atoms with Crippen molar-refractivity contribution in [2.24, 2.45) is 0 Å². The Kier molecular flexibility index (Phi) is 5.53. The maximum absolute atomic E-state index is 12.9. The SMILES string of the molecule is CSN1C(=O)[C@H](N2C(=O)c3ccccc3C2=O)[C@@H]1[C@@H](C#Cc1ccccc1)OC(C)=O. The van der Waals surface area contributed by atoms with Crippen LogP contribution in [-0.2, 0) is 14.3 Å². The fraction of sp³-hybridized carbons (Fsp3) is 0.217. The van der Waals surface area contributed by atoms with Crippen LogP contribution in [-0.4, -0.2) is 57.3 Å². The van der Waals surface area contributed by atoms with Crippen LogP contribution in [0.25, 0.3) is 0 Å². The van der Waals surface area contributed by atoms with Gasteiger partial charge in [-0.2, -0.15) is 0 Å². The van der Waals surface area contributed by atoms with Gasteiger partial charge in [-0.3, -0.25) is 28.4 Å². The molecule has 0 aliphatic carbocycles. The van der Waals surface area contributed by atoms with Gasteiger partial charge in [-0.25, -0.2) is 0 Å². The summed E-state index contributed by atoms with van der Waals surface area (Å²) >= 11 is 1.13. The van der Waals surface area contributed by atoms with Gasteiger partial charge in [-0.1, -0.05) is 54.1 Å². The molecule has 3 amide bonds. The lowest BCUT2D eigenvalue weighted by atomic mass is 9.91. The number of benzene rings is 2. The monoisotopic (exact) mass is 434 g/mol. The molecule has 2 aromatic rings. The minimum absolute atomic E-state index is 0.251. The van der Waals surface area contributed by atoms with Crippen LogP contribution in [0.1, 0.15) is 33.2 Å². The molecule has 31 heavy (non-hydrogen) atoms. The molecule has 0 saturated carbocycles. The summed E-state index contributed by atoms with van der Waals surface area (Å²) in [5.41, 5.74) is 1.21. The molecule has 0 N–H and O–H groups in total. The third-order valence-electron chi connectivity index (χ3n) is 5.10. The van der Waals surface area contributed by atoms with Gasteiger partial charge in [0.15, 0.2) is 6.10 Å². The Hall–Kier alpha value is -3.57. The zero-order chi connectivity index (χ0) is 22.1. The Morgan fingerprint density at radius 1 is 1.00 bits per heavy atom. The average molecular weight is 434 g/mol. The summed E-state index contributed by atoms with van der Waals surface area (Å²) in [6, 6.07) is 13.7. The summed E-state index contributed by atoms with van der Waals surface area (Å²) in [5, 5.41) is 0.